The summed E-state index contributed by atoms with van der Waals surface area (Å²) in [7, 11) is 2.02. The SMILES string of the molecule is CN1CC(=O)N(c2cccc(F)c2)CC12CCN(Cc1cccnc1)C2.O=C(O)C(F)(F)F.O=C(O)C(F)(F)F.O=C(O)C(F)(F)F. The smallest absolute Gasteiger partial charge is 0.475 e. The fraction of sp³-hybridized carbons (Fsp3) is 0.423. The summed E-state index contributed by atoms with van der Waals surface area (Å²) in [5.74, 6) is -8.56. The molecule has 0 radical (unpaired) electrons. The number of halogens is 10. The van der Waals surface area contributed by atoms with Crippen molar-refractivity contribution in [3.05, 3.63) is 60.2 Å². The summed E-state index contributed by atoms with van der Waals surface area (Å²) in [6.45, 7) is 3.67. The van der Waals surface area contributed by atoms with E-state index in [0.29, 0.717) is 18.8 Å². The van der Waals surface area contributed by atoms with Crippen molar-refractivity contribution >= 4 is 29.5 Å². The van der Waals surface area contributed by atoms with E-state index in [1.54, 1.807) is 17.2 Å². The van der Waals surface area contributed by atoms with Crippen LogP contribution in [0.2, 0.25) is 0 Å². The number of anilines is 1. The zero-order chi connectivity index (χ0) is 36.4. The van der Waals surface area contributed by atoms with E-state index in [1.165, 1.54) is 17.7 Å². The van der Waals surface area contributed by atoms with Crippen LogP contribution in [0, 0.1) is 5.82 Å². The van der Waals surface area contributed by atoms with Gasteiger partial charge in [0.05, 0.1) is 12.1 Å². The third-order valence-electron chi connectivity index (χ3n) is 6.32. The van der Waals surface area contributed by atoms with Gasteiger partial charge in [-0.05, 0) is 43.3 Å². The number of benzene rings is 1. The molecule has 262 valence electrons. The Bertz CT molecular complexity index is 1320. The highest BCUT2D eigenvalue weighted by molar-refractivity contribution is 5.96. The van der Waals surface area contributed by atoms with Crippen LogP contribution in [0.4, 0.5) is 49.6 Å². The van der Waals surface area contributed by atoms with E-state index in [2.05, 4.69) is 20.9 Å². The average Bonchev–Trinajstić information content (AvgIpc) is 3.34. The number of alkyl halides is 9. The molecule has 0 aliphatic carbocycles. The van der Waals surface area contributed by atoms with Gasteiger partial charge in [-0.1, -0.05) is 12.1 Å². The van der Waals surface area contributed by atoms with Crippen LogP contribution in [-0.2, 0) is 25.7 Å². The molecule has 21 heteroatoms. The number of hydrogen-bond acceptors (Lipinski definition) is 7. The lowest BCUT2D eigenvalue weighted by molar-refractivity contribution is -0.193. The number of rotatable bonds is 3. The number of hydrogen-bond donors (Lipinski definition) is 3. The minimum absolute atomic E-state index is 0.0226. The van der Waals surface area contributed by atoms with Crippen LogP contribution >= 0.6 is 0 Å². The van der Waals surface area contributed by atoms with Crippen molar-refractivity contribution in [1.82, 2.24) is 14.8 Å². The normalized spacial score (nSPS) is 18.6. The number of amides is 1. The van der Waals surface area contributed by atoms with Crippen LogP contribution in [0.15, 0.2) is 48.8 Å². The summed E-state index contributed by atoms with van der Waals surface area (Å²) in [6, 6.07) is 10.4. The number of carbonyl (C=O) groups is 4. The van der Waals surface area contributed by atoms with Gasteiger partial charge < -0.3 is 20.2 Å². The highest BCUT2D eigenvalue weighted by Crippen LogP contribution is 2.34. The van der Waals surface area contributed by atoms with Crippen molar-refractivity contribution in [1.29, 1.82) is 0 Å². The predicted molar refractivity (Wildman–Crippen MR) is 139 cm³/mol. The van der Waals surface area contributed by atoms with Crippen LogP contribution in [0.1, 0.15) is 12.0 Å². The Hall–Kier alpha value is -4.53. The Labute approximate surface area is 258 Å². The summed E-state index contributed by atoms with van der Waals surface area (Å²) in [5, 5.41) is 21.4. The number of carboxylic acids is 3. The molecule has 2 aliphatic heterocycles. The molecule has 1 aromatic carbocycles. The second-order valence-electron chi connectivity index (χ2n) is 9.77. The lowest BCUT2D eigenvalue weighted by atomic mass is 9.92. The molecule has 2 aliphatic rings. The number of aliphatic carboxylic acids is 3. The number of pyridine rings is 1. The number of carbonyl (C=O) groups excluding carboxylic acids is 1. The number of aromatic nitrogens is 1. The summed E-state index contributed by atoms with van der Waals surface area (Å²) in [4.78, 5) is 49.8. The zero-order valence-corrected chi connectivity index (χ0v) is 23.9. The van der Waals surface area contributed by atoms with Gasteiger partial charge in [0, 0.05) is 44.3 Å². The Balaban J connectivity index is 0.000000430. The lowest BCUT2D eigenvalue weighted by Gasteiger charge is -2.47. The van der Waals surface area contributed by atoms with Crippen LogP contribution in [0.25, 0.3) is 0 Å². The van der Waals surface area contributed by atoms with Gasteiger partial charge in [0.15, 0.2) is 0 Å². The van der Waals surface area contributed by atoms with Crippen molar-refractivity contribution in [2.75, 3.05) is 38.1 Å². The fourth-order valence-electron chi connectivity index (χ4n) is 4.10. The summed E-state index contributed by atoms with van der Waals surface area (Å²) < 4.78 is 109. The third-order valence-corrected chi connectivity index (χ3v) is 6.32. The maximum atomic E-state index is 13.6. The van der Waals surface area contributed by atoms with Gasteiger partial charge in [-0.15, -0.1) is 0 Å². The standard InChI is InChI=1S/C20H23FN4O.3C2HF3O2/c1-23-13-19(26)25(18-6-2-5-17(21)10-18)15-20(23)7-9-24(14-20)12-16-4-3-8-22-11-16;3*3-2(4,5)1(6)7/h2-6,8,10-11H,7,9,12-15H2,1H3;3*(H,6,7). The van der Waals surface area contributed by atoms with Crippen LogP contribution in [0.3, 0.4) is 0 Å². The molecule has 2 fully saturated rings. The molecule has 3 heterocycles. The quantitative estimate of drug-likeness (QED) is 0.401. The van der Waals surface area contributed by atoms with E-state index in [9.17, 15) is 48.7 Å². The fourth-order valence-corrected chi connectivity index (χ4v) is 4.10. The largest absolute Gasteiger partial charge is 0.490 e. The van der Waals surface area contributed by atoms with Crippen LogP contribution in [0.5, 0.6) is 0 Å². The first-order valence-electron chi connectivity index (χ1n) is 12.7. The molecule has 1 unspecified atom stereocenters. The monoisotopic (exact) mass is 696 g/mol. The molecule has 1 spiro atoms. The molecular weight excluding hydrogens is 670 g/mol. The molecule has 4 rings (SSSR count). The van der Waals surface area contributed by atoms with Crippen LogP contribution < -0.4 is 4.90 Å². The molecule has 2 aromatic rings. The van der Waals surface area contributed by atoms with Gasteiger partial charge in [-0.2, -0.15) is 39.5 Å². The summed E-state index contributed by atoms with van der Waals surface area (Å²) in [5.41, 5.74) is 1.75. The average molecular weight is 696 g/mol. The highest BCUT2D eigenvalue weighted by atomic mass is 19.4. The third kappa shape index (κ3) is 13.4. The van der Waals surface area contributed by atoms with E-state index in [4.69, 9.17) is 29.7 Å². The number of carboxylic acid groups (broad SMARTS) is 3. The Morgan fingerprint density at radius 1 is 0.851 bits per heavy atom. The van der Waals surface area contributed by atoms with Gasteiger partial charge in [0.25, 0.3) is 0 Å². The number of likely N-dealkylation sites (N-methyl/N-ethyl adjacent to an activating group) is 1. The summed E-state index contributed by atoms with van der Waals surface area (Å²) in [6.07, 6.45) is -10.6. The topological polar surface area (TPSA) is 152 Å². The van der Waals surface area contributed by atoms with E-state index in [1.807, 2.05) is 25.4 Å². The molecule has 11 nitrogen and oxygen atoms in total. The zero-order valence-electron chi connectivity index (χ0n) is 23.9. The van der Waals surface area contributed by atoms with E-state index in [-0.39, 0.29) is 17.3 Å². The van der Waals surface area contributed by atoms with E-state index in [0.717, 1.165) is 26.1 Å². The molecule has 1 amide bonds. The van der Waals surface area contributed by atoms with Crippen molar-refractivity contribution in [2.45, 2.75) is 37.0 Å². The Morgan fingerprint density at radius 3 is 1.79 bits per heavy atom. The highest BCUT2D eigenvalue weighted by Gasteiger charge is 2.47. The number of likely N-dealkylation sites (tertiary alicyclic amines) is 1. The van der Waals surface area contributed by atoms with E-state index < -0.39 is 36.4 Å². The molecule has 0 bridgehead atoms. The minimum Gasteiger partial charge on any atom is -0.475 e. The molecular formula is C26H26F10N4O7. The predicted octanol–water partition coefficient (Wildman–Crippen LogP) is 4.04. The van der Waals surface area contributed by atoms with Gasteiger partial charge in [0.1, 0.15) is 5.82 Å². The molecule has 1 aromatic heterocycles. The second-order valence-corrected chi connectivity index (χ2v) is 9.77. The molecule has 3 N–H and O–H groups in total. The molecule has 2 saturated heterocycles. The maximum Gasteiger partial charge on any atom is 0.490 e. The lowest BCUT2D eigenvalue weighted by Crippen LogP contribution is -2.64. The summed E-state index contributed by atoms with van der Waals surface area (Å²) >= 11 is 0. The van der Waals surface area contributed by atoms with Gasteiger partial charge in [0.2, 0.25) is 5.91 Å². The maximum absolute atomic E-state index is 13.6. The van der Waals surface area contributed by atoms with Crippen LogP contribution in [-0.4, -0.2) is 111 Å². The van der Waals surface area contributed by atoms with Gasteiger partial charge in [-0.3, -0.25) is 19.6 Å². The van der Waals surface area contributed by atoms with Gasteiger partial charge >= 0.3 is 36.4 Å². The first-order chi connectivity index (χ1) is 21.4. The first-order valence-corrected chi connectivity index (χ1v) is 12.7. The number of piperazine rings is 1. The number of nitrogens with zero attached hydrogens (tertiary/aromatic N) is 4. The van der Waals surface area contributed by atoms with Gasteiger partial charge in [-0.25, -0.2) is 18.8 Å². The van der Waals surface area contributed by atoms with E-state index >= 15 is 0 Å². The first kappa shape index (κ1) is 40.5. The van der Waals surface area contributed by atoms with Crippen molar-refractivity contribution in [3.8, 4) is 0 Å². The Kier molecular flexibility index (Phi) is 14.1. The molecule has 0 saturated carbocycles. The minimum atomic E-state index is -5.08. The van der Waals surface area contributed by atoms with Crippen molar-refractivity contribution in [2.24, 2.45) is 0 Å². The Morgan fingerprint density at radius 2 is 1.36 bits per heavy atom. The van der Waals surface area contributed by atoms with Crippen molar-refractivity contribution < 1.29 is 78.4 Å². The molecule has 47 heavy (non-hydrogen) atoms. The van der Waals surface area contributed by atoms with Crippen molar-refractivity contribution in [3.63, 3.8) is 0 Å². The second kappa shape index (κ2) is 16.3. The molecule has 1 atom stereocenters.